The van der Waals surface area contributed by atoms with Crippen LogP contribution in [0.3, 0.4) is 0 Å². The maximum absolute atomic E-state index is 12.6. The highest BCUT2D eigenvalue weighted by molar-refractivity contribution is 5.98. The molecule has 0 fully saturated rings. The highest BCUT2D eigenvalue weighted by Gasteiger charge is 2.26. The van der Waals surface area contributed by atoms with E-state index in [0.29, 0.717) is 35.9 Å². The lowest BCUT2D eigenvalue weighted by Crippen LogP contribution is -2.23. The van der Waals surface area contributed by atoms with Crippen LogP contribution >= 0.6 is 0 Å². The molecule has 0 aliphatic heterocycles. The highest BCUT2D eigenvalue weighted by Crippen LogP contribution is 2.34. The molecule has 0 saturated heterocycles. The van der Waals surface area contributed by atoms with Crippen molar-refractivity contribution < 1.29 is 14.3 Å². The first kappa shape index (κ1) is 23.5. The Morgan fingerprint density at radius 1 is 1.14 bits per heavy atom. The minimum absolute atomic E-state index is 0.0246. The SMILES string of the molecule is CCO[C@H]1C=C[C@H](n2nc(-c3ccc(CNC(=O)c4ccccc4OC)cc3)c3c(N)ncnc32)C1. The number of nitrogens with two attached hydrogens (primary N) is 1. The number of allylic oxidation sites excluding steroid dienone is 1. The standard InChI is InChI=1S/C27H28N6O3/c1-3-36-20-13-12-19(14-20)33-26-23(25(28)30-16-31-26)24(32-33)18-10-8-17(9-11-18)15-29-27(34)21-6-4-5-7-22(21)35-2/h4-13,16,19-20H,3,14-15H2,1-2H3,(H,29,34)(H2,28,30,31)/t19-,20-/m0/s1. The fourth-order valence-electron chi connectivity index (χ4n) is 4.49. The second-order valence-electron chi connectivity index (χ2n) is 8.51. The number of aromatic nitrogens is 4. The number of rotatable bonds is 8. The highest BCUT2D eigenvalue weighted by atomic mass is 16.5. The van der Waals surface area contributed by atoms with Crippen molar-refractivity contribution in [3.05, 3.63) is 78.1 Å². The number of carbonyl (C=O) groups is 1. The summed E-state index contributed by atoms with van der Waals surface area (Å²) in [6, 6.07) is 15.0. The molecule has 0 unspecified atom stereocenters. The predicted molar refractivity (Wildman–Crippen MR) is 138 cm³/mol. The van der Waals surface area contributed by atoms with Crippen LogP contribution in [0.5, 0.6) is 5.75 Å². The van der Waals surface area contributed by atoms with Crippen molar-refractivity contribution in [2.75, 3.05) is 19.5 Å². The Labute approximate surface area is 209 Å². The molecule has 4 aromatic rings. The number of nitrogens with zero attached hydrogens (tertiary/aromatic N) is 4. The molecule has 0 saturated carbocycles. The lowest BCUT2D eigenvalue weighted by molar-refractivity contribution is 0.0901. The van der Waals surface area contributed by atoms with E-state index >= 15 is 0 Å². The summed E-state index contributed by atoms with van der Waals surface area (Å²) < 4.78 is 12.9. The number of benzene rings is 2. The molecule has 36 heavy (non-hydrogen) atoms. The molecule has 1 aliphatic carbocycles. The normalized spacial score (nSPS) is 16.9. The van der Waals surface area contributed by atoms with E-state index in [1.807, 2.05) is 48.0 Å². The van der Waals surface area contributed by atoms with Crippen LogP contribution in [0.15, 0.2) is 67.0 Å². The Bertz CT molecular complexity index is 1410. The summed E-state index contributed by atoms with van der Waals surface area (Å²) >= 11 is 0. The van der Waals surface area contributed by atoms with Gasteiger partial charge in [-0.05, 0) is 24.6 Å². The molecule has 1 amide bonds. The molecule has 9 heteroatoms. The number of fused-ring (bicyclic) bond motifs is 1. The van der Waals surface area contributed by atoms with Crippen molar-refractivity contribution in [2.24, 2.45) is 0 Å². The van der Waals surface area contributed by atoms with Gasteiger partial charge in [0, 0.05) is 25.1 Å². The zero-order chi connectivity index (χ0) is 25.1. The van der Waals surface area contributed by atoms with Crippen LogP contribution in [0.1, 0.15) is 35.3 Å². The van der Waals surface area contributed by atoms with Crippen molar-refractivity contribution in [3.8, 4) is 17.0 Å². The second-order valence-corrected chi connectivity index (χ2v) is 8.51. The van der Waals surface area contributed by atoms with E-state index < -0.39 is 0 Å². The van der Waals surface area contributed by atoms with Gasteiger partial charge in [0.05, 0.1) is 30.2 Å². The number of anilines is 1. The van der Waals surface area contributed by atoms with Gasteiger partial charge in [0.2, 0.25) is 0 Å². The molecule has 2 atom stereocenters. The lowest BCUT2D eigenvalue weighted by atomic mass is 10.1. The maximum Gasteiger partial charge on any atom is 0.255 e. The molecule has 9 nitrogen and oxygen atoms in total. The number of nitrogens with one attached hydrogen (secondary N) is 1. The molecule has 2 heterocycles. The zero-order valence-electron chi connectivity index (χ0n) is 20.2. The van der Waals surface area contributed by atoms with Crippen LogP contribution in [-0.4, -0.2) is 45.5 Å². The van der Waals surface area contributed by atoms with Gasteiger partial charge in [0.15, 0.2) is 5.65 Å². The molecule has 0 bridgehead atoms. The van der Waals surface area contributed by atoms with Crippen molar-refractivity contribution in [3.63, 3.8) is 0 Å². The Balaban J connectivity index is 1.37. The van der Waals surface area contributed by atoms with Crippen molar-refractivity contribution in [2.45, 2.75) is 32.0 Å². The average Bonchev–Trinajstić information content (AvgIpc) is 3.53. The average molecular weight is 485 g/mol. The number of para-hydroxylation sites is 1. The molecule has 0 spiro atoms. The van der Waals surface area contributed by atoms with Crippen LogP contribution in [0.25, 0.3) is 22.3 Å². The van der Waals surface area contributed by atoms with Crippen molar-refractivity contribution in [1.82, 2.24) is 25.1 Å². The van der Waals surface area contributed by atoms with E-state index in [1.165, 1.54) is 6.33 Å². The third-order valence-electron chi connectivity index (χ3n) is 6.27. The minimum atomic E-state index is -0.193. The van der Waals surface area contributed by atoms with Crippen molar-refractivity contribution >= 4 is 22.8 Å². The van der Waals surface area contributed by atoms with Gasteiger partial charge in [0.25, 0.3) is 5.91 Å². The first-order chi connectivity index (χ1) is 17.6. The number of methoxy groups -OCH3 is 1. The van der Waals surface area contributed by atoms with Gasteiger partial charge in [0.1, 0.15) is 23.6 Å². The molecule has 5 rings (SSSR count). The van der Waals surface area contributed by atoms with Crippen LogP contribution in [0.4, 0.5) is 5.82 Å². The van der Waals surface area contributed by atoms with Crippen LogP contribution in [0, 0.1) is 0 Å². The fourth-order valence-corrected chi connectivity index (χ4v) is 4.49. The van der Waals surface area contributed by atoms with E-state index in [1.54, 1.807) is 19.2 Å². The summed E-state index contributed by atoms with van der Waals surface area (Å²) in [5.41, 5.74) is 10.0. The van der Waals surface area contributed by atoms with E-state index in [9.17, 15) is 4.79 Å². The van der Waals surface area contributed by atoms with Crippen LogP contribution < -0.4 is 15.8 Å². The van der Waals surface area contributed by atoms with Crippen LogP contribution in [-0.2, 0) is 11.3 Å². The number of amides is 1. The summed E-state index contributed by atoms with van der Waals surface area (Å²) in [6.45, 7) is 3.03. The monoisotopic (exact) mass is 484 g/mol. The van der Waals surface area contributed by atoms with Crippen LogP contribution in [0.2, 0.25) is 0 Å². The number of nitrogen functional groups attached to an aromatic ring is 1. The molecule has 2 aromatic heterocycles. The Morgan fingerprint density at radius 3 is 2.72 bits per heavy atom. The Morgan fingerprint density at radius 2 is 1.94 bits per heavy atom. The molecule has 184 valence electrons. The molecule has 1 aliphatic rings. The van der Waals surface area contributed by atoms with Gasteiger partial charge in [-0.15, -0.1) is 0 Å². The third kappa shape index (κ3) is 4.52. The molecular formula is C27H28N6O3. The van der Waals surface area contributed by atoms with Gasteiger partial charge in [-0.1, -0.05) is 48.6 Å². The van der Waals surface area contributed by atoms with Gasteiger partial charge in [-0.3, -0.25) is 4.79 Å². The van der Waals surface area contributed by atoms with Gasteiger partial charge in [-0.2, -0.15) is 5.10 Å². The summed E-state index contributed by atoms with van der Waals surface area (Å²) in [6.07, 6.45) is 6.49. The summed E-state index contributed by atoms with van der Waals surface area (Å²) in [4.78, 5) is 21.3. The van der Waals surface area contributed by atoms with Crippen molar-refractivity contribution in [1.29, 1.82) is 0 Å². The lowest BCUT2D eigenvalue weighted by Gasteiger charge is -2.13. The summed E-state index contributed by atoms with van der Waals surface area (Å²) in [5, 5.41) is 8.57. The Kier molecular flexibility index (Phi) is 6.64. The minimum Gasteiger partial charge on any atom is -0.496 e. The third-order valence-corrected chi connectivity index (χ3v) is 6.27. The molecule has 0 radical (unpaired) electrons. The summed E-state index contributed by atoms with van der Waals surface area (Å²) in [5.74, 6) is 0.733. The smallest absolute Gasteiger partial charge is 0.255 e. The first-order valence-corrected chi connectivity index (χ1v) is 11.9. The van der Waals surface area contributed by atoms with Gasteiger partial charge < -0.3 is 20.5 Å². The number of hydrogen-bond acceptors (Lipinski definition) is 7. The topological polar surface area (TPSA) is 117 Å². The quantitative estimate of drug-likeness (QED) is 0.364. The van der Waals surface area contributed by atoms with Gasteiger partial charge in [-0.25, -0.2) is 14.6 Å². The van der Waals surface area contributed by atoms with Gasteiger partial charge >= 0.3 is 0 Å². The maximum atomic E-state index is 12.6. The predicted octanol–water partition coefficient (Wildman–Crippen LogP) is 3.92. The Hall–Kier alpha value is -4.24. The second kappa shape index (κ2) is 10.2. The van der Waals surface area contributed by atoms with E-state index in [0.717, 1.165) is 28.6 Å². The summed E-state index contributed by atoms with van der Waals surface area (Å²) in [7, 11) is 1.55. The number of hydrogen-bond donors (Lipinski definition) is 2. The number of carbonyl (C=O) groups excluding carboxylic acids is 1. The van der Waals surface area contributed by atoms with E-state index in [2.05, 4.69) is 27.4 Å². The van der Waals surface area contributed by atoms with E-state index in [4.69, 9.17) is 20.3 Å². The number of ether oxygens (including phenoxy) is 2. The molecule has 3 N–H and O–H groups in total. The molecule has 2 aromatic carbocycles. The largest absolute Gasteiger partial charge is 0.496 e. The molecular weight excluding hydrogens is 456 g/mol. The zero-order valence-corrected chi connectivity index (χ0v) is 20.2. The fraction of sp³-hybridized carbons (Fsp3) is 0.259. The first-order valence-electron chi connectivity index (χ1n) is 11.9. The van der Waals surface area contributed by atoms with E-state index in [-0.39, 0.29) is 18.1 Å².